The first-order valence-corrected chi connectivity index (χ1v) is 6.53. The van der Waals surface area contributed by atoms with Crippen molar-refractivity contribution in [2.45, 2.75) is 38.8 Å². The fourth-order valence-corrected chi connectivity index (χ4v) is 2.78. The molecule has 3 heterocycles. The Morgan fingerprint density at radius 1 is 1.53 bits per heavy atom. The van der Waals surface area contributed by atoms with Crippen LogP contribution in [-0.4, -0.2) is 38.2 Å². The molecule has 2 unspecified atom stereocenters. The number of piperidine rings is 1. The minimum Gasteiger partial charge on any atom is -0.354 e. The predicted octanol–water partition coefficient (Wildman–Crippen LogP) is 0.0420. The number of hydrogen-bond donors (Lipinski definition) is 2. The number of anilines is 1. The predicted molar refractivity (Wildman–Crippen MR) is 72.4 cm³/mol. The standard InChI is InChI=1S/C12H18N6O/c1-7-5-9(13)3-4-17(7)10-6-11-15-16-12(19)18(11)8(2)14-10/h6-7,9H,3-5,13H2,1-2H3,(H,16,19). The number of aromatic amines is 1. The molecule has 2 aromatic heterocycles. The summed E-state index contributed by atoms with van der Waals surface area (Å²) in [5.41, 5.74) is 6.34. The number of aromatic nitrogens is 4. The monoisotopic (exact) mass is 262 g/mol. The Kier molecular flexibility index (Phi) is 2.78. The van der Waals surface area contributed by atoms with Gasteiger partial charge in [-0.25, -0.2) is 19.3 Å². The Morgan fingerprint density at radius 3 is 3.05 bits per heavy atom. The fraction of sp³-hybridized carbons (Fsp3) is 0.583. The normalized spacial score (nSPS) is 24.1. The van der Waals surface area contributed by atoms with E-state index in [1.165, 1.54) is 4.40 Å². The van der Waals surface area contributed by atoms with E-state index in [1.54, 1.807) is 0 Å². The lowest BCUT2D eigenvalue weighted by Gasteiger charge is -2.37. The van der Waals surface area contributed by atoms with E-state index in [0.717, 1.165) is 25.2 Å². The van der Waals surface area contributed by atoms with Crippen molar-refractivity contribution in [1.29, 1.82) is 0 Å². The number of aryl methyl sites for hydroxylation is 1. The number of nitrogens with zero attached hydrogens (tertiary/aromatic N) is 4. The van der Waals surface area contributed by atoms with E-state index in [4.69, 9.17) is 5.73 Å². The molecule has 0 aliphatic carbocycles. The summed E-state index contributed by atoms with van der Waals surface area (Å²) < 4.78 is 1.48. The van der Waals surface area contributed by atoms with Gasteiger partial charge in [-0.3, -0.25) is 0 Å². The molecule has 0 amide bonds. The molecule has 0 saturated carbocycles. The van der Waals surface area contributed by atoms with Crippen LogP contribution >= 0.6 is 0 Å². The molecule has 0 aromatic carbocycles. The van der Waals surface area contributed by atoms with E-state index in [0.29, 0.717) is 17.5 Å². The van der Waals surface area contributed by atoms with Crippen LogP contribution in [0.15, 0.2) is 10.9 Å². The third-order valence-electron chi connectivity index (χ3n) is 3.77. The minimum atomic E-state index is -0.250. The summed E-state index contributed by atoms with van der Waals surface area (Å²) in [4.78, 5) is 18.3. The average molecular weight is 262 g/mol. The van der Waals surface area contributed by atoms with E-state index < -0.39 is 0 Å². The number of rotatable bonds is 1. The van der Waals surface area contributed by atoms with Gasteiger partial charge < -0.3 is 10.6 Å². The minimum absolute atomic E-state index is 0.250. The smallest absolute Gasteiger partial charge is 0.349 e. The first-order chi connectivity index (χ1) is 9.06. The van der Waals surface area contributed by atoms with Gasteiger partial charge in [-0.05, 0) is 26.7 Å². The highest BCUT2D eigenvalue weighted by molar-refractivity contribution is 5.52. The van der Waals surface area contributed by atoms with Crippen LogP contribution in [-0.2, 0) is 0 Å². The molecule has 1 aliphatic heterocycles. The number of nitrogens with one attached hydrogen (secondary N) is 1. The van der Waals surface area contributed by atoms with Gasteiger partial charge in [0.25, 0.3) is 0 Å². The van der Waals surface area contributed by atoms with Crippen molar-refractivity contribution in [2.75, 3.05) is 11.4 Å². The molecule has 102 valence electrons. The molecule has 7 nitrogen and oxygen atoms in total. The molecule has 1 aliphatic rings. The van der Waals surface area contributed by atoms with Gasteiger partial charge >= 0.3 is 5.69 Å². The van der Waals surface area contributed by atoms with E-state index >= 15 is 0 Å². The van der Waals surface area contributed by atoms with Crippen molar-refractivity contribution in [3.8, 4) is 0 Å². The van der Waals surface area contributed by atoms with Crippen LogP contribution < -0.4 is 16.3 Å². The highest BCUT2D eigenvalue weighted by Crippen LogP contribution is 2.23. The van der Waals surface area contributed by atoms with Crippen molar-refractivity contribution in [3.05, 3.63) is 22.4 Å². The first-order valence-electron chi connectivity index (χ1n) is 6.53. The lowest BCUT2D eigenvalue weighted by atomic mass is 9.99. The van der Waals surface area contributed by atoms with Gasteiger partial charge in [0.15, 0.2) is 5.65 Å². The molecule has 0 spiro atoms. The Hall–Kier alpha value is -1.89. The molecule has 2 aromatic rings. The van der Waals surface area contributed by atoms with Gasteiger partial charge in [0, 0.05) is 24.7 Å². The van der Waals surface area contributed by atoms with Gasteiger partial charge in [0.1, 0.15) is 11.6 Å². The highest BCUT2D eigenvalue weighted by atomic mass is 16.1. The van der Waals surface area contributed by atoms with E-state index in [-0.39, 0.29) is 11.7 Å². The fourth-order valence-electron chi connectivity index (χ4n) is 2.78. The zero-order chi connectivity index (χ0) is 13.6. The number of fused-ring (bicyclic) bond motifs is 1. The SMILES string of the molecule is Cc1nc(N2CCC(N)CC2C)cc2n[nH]c(=O)n12. The lowest BCUT2D eigenvalue weighted by Crippen LogP contribution is -2.46. The average Bonchev–Trinajstić information content (AvgIpc) is 2.71. The maximum absolute atomic E-state index is 11.6. The molecule has 1 saturated heterocycles. The maximum Gasteiger partial charge on any atom is 0.349 e. The first kappa shape index (κ1) is 12.2. The molecular formula is C12H18N6O. The summed E-state index contributed by atoms with van der Waals surface area (Å²) in [5, 5.41) is 6.45. The molecule has 3 rings (SSSR count). The van der Waals surface area contributed by atoms with E-state index in [2.05, 4.69) is 27.0 Å². The second-order valence-corrected chi connectivity index (χ2v) is 5.21. The third kappa shape index (κ3) is 1.99. The second kappa shape index (κ2) is 4.34. The van der Waals surface area contributed by atoms with Gasteiger partial charge in [0.2, 0.25) is 0 Å². The Bertz CT molecular complexity index is 660. The van der Waals surface area contributed by atoms with Crippen LogP contribution in [0.25, 0.3) is 5.65 Å². The maximum atomic E-state index is 11.6. The summed E-state index contributed by atoms with van der Waals surface area (Å²) in [6.07, 6.45) is 1.92. The van der Waals surface area contributed by atoms with Gasteiger partial charge in [-0.1, -0.05) is 0 Å². The quantitative estimate of drug-likeness (QED) is 0.757. The molecule has 2 atom stereocenters. The summed E-state index contributed by atoms with van der Waals surface area (Å²) >= 11 is 0. The summed E-state index contributed by atoms with van der Waals surface area (Å²) in [7, 11) is 0. The largest absolute Gasteiger partial charge is 0.354 e. The summed E-state index contributed by atoms with van der Waals surface area (Å²) in [5.74, 6) is 1.51. The summed E-state index contributed by atoms with van der Waals surface area (Å²) in [6.45, 7) is 4.85. The molecule has 3 N–H and O–H groups in total. The van der Waals surface area contributed by atoms with Crippen molar-refractivity contribution >= 4 is 11.5 Å². The molecule has 1 fully saturated rings. The zero-order valence-corrected chi connectivity index (χ0v) is 11.1. The Balaban J connectivity index is 2.03. The summed E-state index contributed by atoms with van der Waals surface area (Å²) in [6, 6.07) is 2.46. The van der Waals surface area contributed by atoms with Crippen LogP contribution in [0.3, 0.4) is 0 Å². The Labute approximate surface area is 110 Å². The van der Waals surface area contributed by atoms with Crippen molar-refractivity contribution < 1.29 is 0 Å². The van der Waals surface area contributed by atoms with Gasteiger partial charge in [-0.2, -0.15) is 5.10 Å². The highest BCUT2D eigenvalue weighted by Gasteiger charge is 2.25. The lowest BCUT2D eigenvalue weighted by molar-refractivity contribution is 0.427. The second-order valence-electron chi connectivity index (χ2n) is 5.21. The van der Waals surface area contributed by atoms with Crippen molar-refractivity contribution in [2.24, 2.45) is 5.73 Å². The Morgan fingerprint density at radius 2 is 2.32 bits per heavy atom. The van der Waals surface area contributed by atoms with Crippen molar-refractivity contribution in [3.63, 3.8) is 0 Å². The third-order valence-corrected chi connectivity index (χ3v) is 3.77. The van der Waals surface area contributed by atoms with E-state index in [1.807, 2.05) is 13.0 Å². The van der Waals surface area contributed by atoms with Crippen LogP contribution in [0.5, 0.6) is 0 Å². The molecule has 0 radical (unpaired) electrons. The number of hydrogen-bond acceptors (Lipinski definition) is 5. The van der Waals surface area contributed by atoms with Crippen LogP contribution in [0, 0.1) is 6.92 Å². The van der Waals surface area contributed by atoms with Crippen LogP contribution in [0.2, 0.25) is 0 Å². The molecular weight excluding hydrogens is 244 g/mol. The van der Waals surface area contributed by atoms with Crippen LogP contribution in [0.1, 0.15) is 25.6 Å². The topological polar surface area (TPSA) is 92.3 Å². The molecule has 19 heavy (non-hydrogen) atoms. The zero-order valence-electron chi connectivity index (χ0n) is 11.1. The van der Waals surface area contributed by atoms with E-state index in [9.17, 15) is 4.79 Å². The molecule has 0 bridgehead atoms. The van der Waals surface area contributed by atoms with Gasteiger partial charge in [-0.15, -0.1) is 0 Å². The number of nitrogens with two attached hydrogens (primary N) is 1. The van der Waals surface area contributed by atoms with Crippen molar-refractivity contribution in [1.82, 2.24) is 19.6 Å². The number of H-pyrrole nitrogens is 1. The van der Waals surface area contributed by atoms with Gasteiger partial charge in [0.05, 0.1) is 0 Å². The van der Waals surface area contributed by atoms with Crippen LogP contribution in [0.4, 0.5) is 5.82 Å². The molecule has 7 heteroatoms.